The molecule has 8 aromatic carbocycles. The second-order valence-electron chi connectivity index (χ2n) is 15.1. The van der Waals surface area contributed by atoms with Crippen LogP contribution in [0.3, 0.4) is 0 Å². The van der Waals surface area contributed by atoms with Crippen LogP contribution in [0.15, 0.2) is 176 Å². The van der Waals surface area contributed by atoms with Gasteiger partial charge in [-0.2, -0.15) is 0 Å². The number of rotatable bonds is 4. The summed E-state index contributed by atoms with van der Waals surface area (Å²) in [5, 5.41) is 10.1. The van der Waals surface area contributed by atoms with Gasteiger partial charge in [0, 0.05) is 5.41 Å². The molecule has 0 N–H and O–H groups in total. The molecule has 0 unspecified atom stereocenters. The van der Waals surface area contributed by atoms with Crippen molar-refractivity contribution in [1.29, 1.82) is 0 Å². The SMILES string of the molecule is CC1(C)c2ccccc2-c2ccc(-c3ccc4nc5c6ccc7ccccc7c6c6cc(P(=[Se])(c7ccccc7)c7ccccc7)ccc6n5c4c3)cc21. The number of benzene rings is 8. The molecule has 256 valence electrons. The summed E-state index contributed by atoms with van der Waals surface area (Å²) < 4.78 is 2.41. The summed E-state index contributed by atoms with van der Waals surface area (Å²) in [6, 6.07) is 65.2. The van der Waals surface area contributed by atoms with Crippen LogP contribution in [-0.4, -0.2) is 24.5 Å². The molecule has 10 aromatic rings. The maximum absolute atomic E-state index is 5.37. The molecule has 2 nitrogen and oxygen atoms in total. The Balaban J connectivity index is 1.20. The molecule has 0 saturated heterocycles. The summed E-state index contributed by atoms with van der Waals surface area (Å²) >= 11 is 3.80. The number of hydrogen-bond acceptors (Lipinski definition) is 1. The van der Waals surface area contributed by atoms with E-state index in [0.717, 1.165) is 27.6 Å². The molecule has 0 aliphatic heterocycles. The molecule has 2 aromatic heterocycles. The Morgan fingerprint density at radius 3 is 1.96 bits per heavy atom. The number of fused-ring (bicyclic) bond motifs is 13. The molecule has 1 aliphatic rings. The first-order chi connectivity index (χ1) is 26.4. The van der Waals surface area contributed by atoms with Crippen molar-refractivity contribution in [2.45, 2.75) is 19.3 Å². The standard InChI is InChI=1S/C50H35N2PSe/c1-50(2)43-20-12-11-19-39(43)40-25-22-33(29-44(40)50)34-23-27-45-47(30-34)52-46-28-24-37(53(54,35-14-5-3-6-15-35)36-16-7-4-8-17-36)31-42(46)48-38-18-10-9-13-32(38)21-26-41(48)49(52)51-45/h3-31H,1-2H3. The third kappa shape index (κ3) is 4.47. The van der Waals surface area contributed by atoms with E-state index in [0.29, 0.717) is 0 Å². The molecule has 0 fully saturated rings. The predicted octanol–water partition coefficient (Wildman–Crippen LogP) is 11.3. The quantitative estimate of drug-likeness (QED) is 0.0989. The Hall–Kier alpha value is -5.56. The second kappa shape index (κ2) is 11.7. The average Bonchev–Trinajstić information content (AvgIpc) is 3.73. The van der Waals surface area contributed by atoms with Crippen LogP contribution in [0.4, 0.5) is 0 Å². The molecule has 11 rings (SSSR count). The van der Waals surface area contributed by atoms with Crippen LogP contribution >= 0.6 is 5.51 Å². The fourth-order valence-corrected chi connectivity index (χ4v) is 14.1. The summed E-state index contributed by atoms with van der Waals surface area (Å²) in [6.45, 7) is 4.70. The van der Waals surface area contributed by atoms with Crippen molar-refractivity contribution in [3.05, 3.63) is 187 Å². The van der Waals surface area contributed by atoms with Gasteiger partial charge >= 0.3 is 263 Å². The van der Waals surface area contributed by atoms with Gasteiger partial charge in [-0.05, 0) is 16.7 Å². The van der Waals surface area contributed by atoms with Gasteiger partial charge in [-0.3, -0.25) is 0 Å². The zero-order chi connectivity index (χ0) is 36.2. The number of hydrogen-bond donors (Lipinski definition) is 0. The van der Waals surface area contributed by atoms with E-state index in [1.807, 2.05) is 0 Å². The van der Waals surface area contributed by atoms with E-state index in [9.17, 15) is 0 Å². The van der Waals surface area contributed by atoms with Crippen molar-refractivity contribution in [1.82, 2.24) is 9.38 Å². The zero-order valence-electron chi connectivity index (χ0n) is 30.0. The molecule has 2 heterocycles. The van der Waals surface area contributed by atoms with E-state index in [-0.39, 0.29) is 5.41 Å². The number of nitrogens with zero attached hydrogens (tertiary/aromatic N) is 2. The van der Waals surface area contributed by atoms with Crippen LogP contribution in [-0.2, 0) is 5.41 Å². The van der Waals surface area contributed by atoms with E-state index in [1.165, 1.54) is 70.8 Å². The Kier molecular flexibility index (Phi) is 6.93. The monoisotopic (exact) mass is 774 g/mol. The van der Waals surface area contributed by atoms with Crippen LogP contribution in [0.5, 0.6) is 0 Å². The molecule has 54 heavy (non-hydrogen) atoms. The van der Waals surface area contributed by atoms with Crippen molar-refractivity contribution in [3.8, 4) is 22.3 Å². The van der Waals surface area contributed by atoms with Crippen LogP contribution in [0.25, 0.3) is 71.4 Å². The van der Waals surface area contributed by atoms with Gasteiger partial charge in [-0.25, -0.2) is 0 Å². The molecule has 0 saturated carbocycles. The van der Waals surface area contributed by atoms with Gasteiger partial charge in [0.25, 0.3) is 0 Å². The van der Waals surface area contributed by atoms with Gasteiger partial charge < -0.3 is 0 Å². The van der Waals surface area contributed by atoms with Gasteiger partial charge in [-0.15, -0.1) is 0 Å². The zero-order valence-corrected chi connectivity index (χ0v) is 32.6. The van der Waals surface area contributed by atoms with Gasteiger partial charge in [0.1, 0.15) is 0 Å². The number of aromatic nitrogens is 2. The summed E-state index contributed by atoms with van der Waals surface area (Å²) in [4.78, 5) is 5.37. The second-order valence-corrected chi connectivity index (χ2v) is 21.3. The Morgan fingerprint density at radius 1 is 0.500 bits per heavy atom. The molecule has 0 spiro atoms. The third-order valence-corrected chi connectivity index (χ3v) is 18.9. The van der Waals surface area contributed by atoms with Crippen LogP contribution in [0.2, 0.25) is 0 Å². The van der Waals surface area contributed by atoms with Crippen molar-refractivity contribution in [2.75, 3.05) is 0 Å². The Bertz CT molecular complexity index is 3170. The summed E-state index contributed by atoms with van der Waals surface area (Å²) in [7, 11) is 0. The van der Waals surface area contributed by atoms with Gasteiger partial charge in [0.2, 0.25) is 0 Å². The normalized spacial score (nSPS) is 13.6. The topological polar surface area (TPSA) is 17.3 Å². The summed E-state index contributed by atoms with van der Waals surface area (Å²) in [5.41, 5.74) is 10.0. The molecule has 0 amide bonds. The fourth-order valence-electron chi connectivity index (χ4n) is 9.15. The van der Waals surface area contributed by atoms with Gasteiger partial charge in [0.15, 0.2) is 0 Å². The van der Waals surface area contributed by atoms with Crippen LogP contribution < -0.4 is 15.9 Å². The summed E-state index contributed by atoms with van der Waals surface area (Å²) in [5.74, 6) is 0. The van der Waals surface area contributed by atoms with Crippen LogP contribution in [0, 0.1) is 0 Å². The van der Waals surface area contributed by atoms with Crippen molar-refractivity contribution >= 4 is 85.6 Å². The van der Waals surface area contributed by atoms with E-state index in [1.54, 1.807) is 0 Å². The van der Waals surface area contributed by atoms with E-state index in [4.69, 9.17) is 4.98 Å². The fraction of sp³-hybridized carbons (Fsp3) is 0.0600. The van der Waals surface area contributed by atoms with Crippen molar-refractivity contribution in [2.24, 2.45) is 0 Å². The molecular weight excluding hydrogens is 738 g/mol. The van der Waals surface area contributed by atoms with E-state index < -0.39 is 5.51 Å². The third-order valence-electron chi connectivity index (χ3n) is 11.8. The Morgan fingerprint density at radius 2 is 1.17 bits per heavy atom. The molecular formula is C50H35N2PSe. The minimum absolute atomic E-state index is 0.0565. The maximum atomic E-state index is 5.37. The molecule has 0 atom stereocenters. The number of pyridine rings is 1. The van der Waals surface area contributed by atoms with Gasteiger partial charge in [-0.1, -0.05) is 38.1 Å². The first-order valence-electron chi connectivity index (χ1n) is 18.6. The predicted molar refractivity (Wildman–Crippen MR) is 233 cm³/mol. The van der Waals surface area contributed by atoms with Crippen LogP contribution in [0.1, 0.15) is 25.0 Å². The molecule has 0 radical (unpaired) electrons. The van der Waals surface area contributed by atoms with Crippen molar-refractivity contribution < 1.29 is 0 Å². The van der Waals surface area contributed by atoms with E-state index >= 15 is 0 Å². The summed E-state index contributed by atoms with van der Waals surface area (Å²) in [6.07, 6.45) is 0. The Labute approximate surface area is 322 Å². The first kappa shape index (κ1) is 31.9. The molecule has 4 heteroatoms. The molecule has 0 bridgehead atoms. The van der Waals surface area contributed by atoms with Gasteiger partial charge in [0.05, 0.1) is 0 Å². The van der Waals surface area contributed by atoms with Crippen molar-refractivity contribution in [3.63, 3.8) is 0 Å². The first-order valence-corrected chi connectivity index (χ1v) is 22.6. The average molecular weight is 774 g/mol. The molecule has 1 aliphatic carbocycles. The number of imidazole rings is 1. The minimum atomic E-state index is -2.10. The van der Waals surface area contributed by atoms with E-state index in [2.05, 4.69) is 209 Å².